The normalized spacial score (nSPS) is 19.2. The van der Waals surface area contributed by atoms with Gasteiger partial charge in [0.15, 0.2) is 11.9 Å². The Kier molecular flexibility index (Phi) is 6.37. The predicted octanol–water partition coefficient (Wildman–Crippen LogP) is 2.60. The van der Waals surface area contributed by atoms with Gasteiger partial charge in [0.05, 0.1) is 0 Å². The number of ether oxygens (including phenoxy) is 1. The molecule has 1 aromatic rings. The molecule has 0 saturated carbocycles. The molecule has 5 nitrogen and oxygen atoms in total. The topological polar surface area (TPSA) is 49.9 Å². The number of carbonyl (C=O) groups is 2. The van der Waals surface area contributed by atoms with Crippen LogP contribution in [0.25, 0.3) is 0 Å². The van der Waals surface area contributed by atoms with Crippen LogP contribution in [-0.4, -0.2) is 60.8 Å². The van der Waals surface area contributed by atoms with Crippen LogP contribution in [0.3, 0.4) is 0 Å². The number of amides is 1. The fourth-order valence-corrected chi connectivity index (χ4v) is 3.18. The molecule has 132 valence electrons. The lowest BCUT2D eigenvalue weighted by molar-refractivity contribution is -0.142. The van der Waals surface area contributed by atoms with E-state index in [-0.39, 0.29) is 17.7 Å². The zero-order valence-corrected chi connectivity index (χ0v) is 15.1. The Hall–Kier alpha value is -1.88. The molecule has 0 unspecified atom stereocenters. The molecule has 1 amide bonds. The van der Waals surface area contributed by atoms with E-state index >= 15 is 0 Å². The number of ketones is 1. The van der Waals surface area contributed by atoms with Crippen LogP contribution in [0.1, 0.15) is 43.5 Å². The first-order chi connectivity index (χ1) is 11.4. The lowest BCUT2D eigenvalue weighted by Gasteiger charge is -2.38. The smallest absolute Gasteiger partial charge is 0.263 e. The average Bonchev–Trinajstić information content (AvgIpc) is 2.54. The van der Waals surface area contributed by atoms with Gasteiger partial charge >= 0.3 is 0 Å². The van der Waals surface area contributed by atoms with E-state index < -0.39 is 6.10 Å². The molecule has 1 saturated heterocycles. The van der Waals surface area contributed by atoms with Crippen LogP contribution in [-0.2, 0) is 4.79 Å². The second-order valence-corrected chi connectivity index (χ2v) is 6.79. The Balaban J connectivity index is 2.05. The summed E-state index contributed by atoms with van der Waals surface area (Å²) < 4.78 is 5.82. The first-order valence-corrected chi connectivity index (χ1v) is 8.61. The van der Waals surface area contributed by atoms with Gasteiger partial charge in [0.1, 0.15) is 5.75 Å². The van der Waals surface area contributed by atoms with Crippen molar-refractivity contribution in [1.82, 2.24) is 9.80 Å². The number of rotatable bonds is 6. The quantitative estimate of drug-likeness (QED) is 0.752. The van der Waals surface area contributed by atoms with Crippen molar-refractivity contribution >= 4 is 11.7 Å². The summed E-state index contributed by atoms with van der Waals surface area (Å²) in [4.78, 5) is 28.4. The van der Waals surface area contributed by atoms with E-state index in [9.17, 15) is 9.59 Å². The van der Waals surface area contributed by atoms with Crippen molar-refractivity contribution < 1.29 is 14.3 Å². The Morgan fingerprint density at radius 2 is 2.08 bits per heavy atom. The summed E-state index contributed by atoms with van der Waals surface area (Å²) in [5.41, 5.74) is 0.593. The fourth-order valence-electron chi connectivity index (χ4n) is 3.18. The van der Waals surface area contributed by atoms with Gasteiger partial charge in [-0.2, -0.15) is 0 Å². The molecule has 2 rings (SSSR count). The number of hydrogen-bond acceptors (Lipinski definition) is 4. The minimum absolute atomic E-state index is 0.0125. The van der Waals surface area contributed by atoms with Crippen molar-refractivity contribution in [3.63, 3.8) is 0 Å². The van der Waals surface area contributed by atoms with E-state index in [1.807, 2.05) is 19.0 Å². The van der Waals surface area contributed by atoms with E-state index in [1.165, 1.54) is 6.92 Å². The molecule has 0 bridgehead atoms. The highest BCUT2D eigenvalue weighted by Gasteiger charge is 2.30. The van der Waals surface area contributed by atoms with E-state index in [0.29, 0.717) is 11.3 Å². The van der Waals surface area contributed by atoms with Crippen molar-refractivity contribution in [3.8, 4) is 5.75 Å². The summed E-state index contributed by atoms with van der Waals surface area (Å²) >= 11 is 0. The van der Waals surface area contributed by atoms with Crippen molar-refractivity contribution in [1.29, 1.82) is 0 Å². The first kappa shape index (κ1) is 18.5. The molecule has 1 aromatic carbocycles. The summed E-state index contributed by atoms with van der Waals surface area (Å²) in [6, 6.07) is 7.25. The van der Waals surface area contributed by atoms with E-state index in [1.54, 1.807) is 31.2 Å². The van der Waals surface area contributed by atoms with Crippen LogP contribution < -0.4 is 4.74 Å². The van der Waals surface area contributed by atoms with Gasteiger partial charge in [0.25, 0.3) is 5.91 Å². The number of piperidine rings is 1. The SMILES string of the molecule is CC(=O)c1cccc(O[C@H](C)C(=O)N2CCCC[C@H]2CN(C)C)c1. The third kappa shape index (κ3) is 4.81. The minimum Gasteiger partial charge on any atom is -0.481 e. The third-order valence-corrected chi connectivity index (χ3v) is 4.39. The molecular formula is C19H28N2O3. The largest absolute Gasteiger partial charge is 0.481 e. The number of nitrogens with zero attached hydrogens (tertiary/aromatic N) is 2. The minimum atomic E-state index is -0.560. The van der Waals surface area contributed by atoms with Gasteiger partial charge in [-0.1, -0.05) is 12.1 Å². The highest BCUT2D eigenvalue weighted by molar-refractivity contribution is 5.94. The summed E-state index contributed by atoms with van der Waals surface area (Å²) in [5.74, 6) is 0.570. The van der Waals surface area contributed by atoms with Crippen LogP contribution in [0.5, 0.6) is 5.75 Å². The third-order valence-electron chi connectivity index (χ3n) is 4.39. The number of hydrogen-bond donors (Lipinski definition) is 0. The monoisotopic (exact) mass is 332 g/mol. The summed E-state index contributed by atoms with van der Waals surface area (Å²) in [7, 11) is 4.06. The van der Waals surface area contributed by atoms with Crippen molar-refractivity contribution in [2.75, 3.05) is 27.2 Å². The second kappa shape index (κ2) is 8.29. The van der Waals surface area contributed by atoms with Crippen LogP contribution in [0.15, 0.2) is 24.3 Å². The molecule has 24 heavy (non-hydrogen) atoms. The van der Waals surface area contributed by atoms with Crippen LogP contribution in [0.4, 0.5) is 0 Å². The molecule has 0 aliphatic carbocycles. The maximum atomic E-state index is 12.8. The van der Waals surface area contributed by atoms with E-state index in [0.717, 1.165) is 32.4 Å². The van der Waals surface area contributed by atoms with Crippen molar-refractivity contribution in [3.05, 3.63) is 29.8 Å². The maximum absolute atomic E-state index is 12.8. The number of likely N-dealkylation sites (N-methyl/N-ethyl adjacent to an activating group) is 1. The van der Waals surface area contributed by atoms with E-state index in [4.69, 9.17) is 4.74 Å². The summed E-state index contributed by atoms with van der Waals surface area (Å²) in [6.45, 7) is 4.97. The Labute approximate surface area is 144 Å². The van der Waals surface area contributed by atoms with Gasteiger partial charge < -0.3 is 14.5 Å². The van der Waals surface area contributed by atoms with Crippen molar-refractivity contribution in [2.24, 2.45) is 0 Å². The van der Waals surface area contributed by atoms with E-state index in [2.05, 4.69) is 4.90 Å². The predicted molar refractivity (Wildman–Crippen MR) is 94.4 cm³/mol. The molecular weight excluding hydrogens is 304 g/mol. The second-order valence-electron chi connectivity index (χ2n) is 6.79. The Morgan fingerprint density at radius 1 is 1.33 bits per heavy atom. The Bertz CT molecular complexity index is 586. The number of likely N-dealkylation sites (tertiary alicyclic amines) is 1. The average molecular weight is 332 g/mol. The number of benzene rings is 1. The molecule has 2 atom stereocenters. The van der Waals surface area contributed by atoms with Crippen LogP contribution in [0.2, 0.25) is 0 Å². The van der Waals surface area contributed by atoms with Gasteiger partial charge in [-0.15, -0.1) is 0 Å². The maximum Gasteiger partial charge on any atom is 0.263 e. The molecule has 5 heteroatoms. The molecule has 1 fully saturated rings. The highest BCUT2D eigenvalue weighted by atomic mass is 16.5. The van der Waals surface area contributed by atoms with Crippen LogP contribution >= 0.6 is 0 Å². The first-order valence-electron chi connectivity index (χ1n) is 8.61. The zero-order valence-electron chi connectivity index (χ0n) is 15.1. The molecule has 1 heterocycles. The lowest BCUT2D eigenvalue weighted by Crippen LogP contribution is -2.52. The Morgan fingerprint density at radius 3 is 2.75 bits per heavy atom. The fraction of sp³-hybridized carbons (Fsp3) is 0.579. The molecule has 0 aromatic heterocycles. The summed E-state index contributed by atoms with van der Waals surface area (Å²) in [5, 5.41) is 0. The van der Waals surface area contributed by atoms with Crippen LogP contribution in [0, 0.1) is 0 Å². The molecule has 1 aliphatic heterocycles. The summed E-state index contributed by atoms with van der Waals surface area (Å²) in [6.07, 6.45) is 2.69. The number of carbonyl (C=O) groups excluding carboxylic acids is 2. The van der Waals surface area contributed by atoms with Gasteiger partial charge in [0.2, 0.25) is 0 Å². The van der Waals surface area contributed by atoms with Gasteiger partial charge in [-0.05, 0) is 59.3 Å². The standard InChI is InChI=1S/C19H28N2O3/c1-14(22)16-8-7-10-18(12-16)24-15(2)19(23)21-11-6-5-9-17(21)13-20(3)4/h7-8,10,12,15,17H,5-6,9,11,13H2,1-4H3/t15-,17+/m1/s1. The van der Waals surface area contributed by atoms with Crippen molar-refractivity contribution in [2.45, 2.75) is 45.3 Å². The number of Topliss-reactive ketones (excluding diaryl/α,β-unsaturated/α-hetero) is 1. The zero-order chi connectivity index (χ0) is 17.7. The molecule has 0 spiro atoms. The lowest BCUT2D eigenvalue weighted by atomic mass is 10.0. The van der Waals surface area contributed by atoms with Gasteiger partial charge in [0, 0.05) is 24.7 Å². The van der Waals surface area contributed by atoms with Gasteiger partial charge in [-0.3, -0.25) is 9.59 Å². The molecule has 0 radical (unpaired) electrons. The van der Waals surface area contributed by atoms with Gasteiger partial charge in [-0.25, -0.2) is 0 Å². The highest BCUT2D eigenvalue weighted by Crippen LogP contribution is 2.21. The molecule has 0 N–H and O–H groups in total. The molecule has 1 aliphatic rings.